The van der Waals surface area contributed by atoms with Gasteiger partial charge in [-0.25, -0.2) is 4.98 Å². The fraction of sp³-hybridized carbons (Fsp3) is 0.351. The van der Waals surface area contributed by atoms with Crippen LogP contribution in [0.3, 0.4) is 0 Å². The number of halogens is 4. The van der Waals surface area contributed by atoms with Crippen molar-refractivity contribution in [2.24, 2.45) is 0 Å². The Kier molecular flexibility index (Phi) is 9.47. The van der Waals surface area contributed by atoms with Crippen LogP contribution in [-0.4, -0.2) is 78.8 Å². The van der Waals surface area contributed by atoms with Crippen LogP contribution >= 0.6 is 11.6 Å². The van der Waals surface area contributed by atoms with Crippen LogP contribution in [-0.2, 0) is 59.7 Å². The molecule has 3 aromatic heterocycles. The molecule has 0 aliphatic carbocycles. The fourth-order valence-corrected chi connectivity index (χ4v) is 7.43. The number of nitrogens with one attached hydrogen (secondary N) is 1. The minimum Gasteiger partial charge on any atom is -0.505 e. The number of benzene rings is 2. The predicted octanol–water partition coefficient (Wildman–Crippen LogP) is 4.60. The van der Waals surface area contributed by atoms with Crippen LogP contribution in [0.1, 0.15) is 51.1 Å². The molecular formula is C37H34ClF3N8O6. The molecule has 2 amide bonds. The van der Waals surface area contributed by atoms with Crippen molar-refractivity contribution in [2.75, 3.05) is 43.0 Å². The third-order valence-corrected chi connectivity index (χ3v) is 10.3. The molecule has 0 radical (unpaired) electrons. The van der Waals surface area contributed by atoms with Crippen molar-refractivity contribution in [1.82, 2.24) is 29.0 Å². The highest BCUT2D eigenvalue weighted by Gasteiger charge is 2.33. The van der Waals surface area contributed by atoms with Gasteiger partial charge in [-0.05, 0) is 59.9 Å². The molecule has 286 valence electrons. The first-order chi connectivity index (χ1) is 26.4. The van der Waals surface area contributed by atoms with E-state index in [1.54, 1.807) is 15.5 Å². The zero-order valence-electron chi connectivity index (χ0n) is 29.5. The molecule has 2 aromatic carbocycles. The van der Waals surface area contributed by atoms with Crippen molar-refractivity contribution in [3.05, 3.63) is 97.2 Å². The number of anilines is 2. The first-order valence-corrected chi connectivity index (χ1v) is 18.0. The molecular weight excluding hydrogens is 745 g/mol. The number of aromatic hydroxyl groups is 1. The number of amides is 2. The van der Waals surface area contributed by atoms with E-state index < -0.39 is 29.1 Å². The predicted molar refractivity (Wildman–Crippen MR) is 193 cm³/mol. The van der Waals surface area contributed by atoms with Gasteiger partial charge in [-0.1, -0.05) is 30.7 Å². The molecule has 3 aliphatic rings. The zero-order chi connectivity index (χ0) is 38.6. The number of fused-ring (bicyclic) bond motifs is 3. The van der Waals surface area contributed by atoms with Gasteiger partial charge in [0, 0.05) is 31.7 Å². The highest BCUT2D eigenvalue weighted by Crippen LogP contribution is 2.34. The summed E-state index contributed by atoms with van der Waals surface area (Å²) in [6, 6.07) is 9.83. The van der Waals surface area contributed by atoms with Gasteiger partial charge in [0.05, 0.1) is 54.1 Å². The van der Waals surface area contributed by atoms with Crippen LogP contribution in [0.4, 0.5) is 24.5 Å². The van der Waals surface area contributed by atoms with Crippen LogP contribution in [0.2, 0.25) is 5.02 Å². The minimum atomic E-state index is -4.62. The molecule has 2 N–H and O–H groups in total. The maximum atomic E-state index is 14.4. The molecule has 0 saturated carbocycles. The summed E-state index contributed by atoms with van der Waals surface area (Å²) in [5, 5.41) is 17.6. The van der Waals surface area contributed by atoms with Gasteiger partial charge in [0.1, 0.15) is 18.0 Å². The molecule has 5 aromatic rings. The quantitative estimate of drug-likeness (QED) is 0.240. The van der Waals surface area contributed by atoms with Crippen LogP contribution in [0.15, 0.2) is 47.3 Å². The van der Waals surface area contributed by atoms with Gasteiger partial charge in [-0.3, -0.25) is 14.4 Å². The van der Waals surface area contributed by atoms with Crippen LogP contribution in [0.5, 0.6) is 5.75 Å². The van der Waals surface area contributed by atoms with Crippen molar-refractivity contribution in [3.8, 4) is 17.1 Å². The molecule has 3 aliphatic heterocycles. The van der Waals surface area contributed by atoms with Crippen molar-refractivity contribution in [3.63, 3.8) is 0 Å². The van der Waals surface area contributed by atoms with E-state index in [4.69, 9.17) is 26.1 Å². The number of piperazine rings is 1. The van der Waals surface area contributed by atoms with E-state index in [9.17, 15) is 32.7 Å². The maximum absolute atomic E-state index is 14.4. The van der Waals surface area contributed by atoms with Gasteiger partial charge in [0.15, 0.2) is 11.5 Å². The zero-order valence-corrected chi connectivity index (χ0v) is 30.2. The monoisotopic (exact) mass is 778 g/mol. The number of aromatic nitrogens is 5. The molecule has 55 heavy (non-hydrogen) atoms. The van der Waals surface area contributed by atoms with E-state index in [0.717, 1.165) is 39.4 Å². The number of pyridine rings is 1. The summed E-state index contributed by atoms with van der Waals surface area (Å²) >= 11 is 6.15. The van der Waals surface area contributed by atoms with Gasteiger partial charge in [-0.15, -0.1) is 5.10 Å². The number of carbonyl (C=O) groups is 2. The molecule has 18 heteroatoms. The van der Waals surface area contributed by atoms with Crippen LogP contribution in [0, 0.1) is 0 Å². The number of rotatable bonds is 7. The van der Waals surface area contributed by atoms with E-state index in [-0.39, 0.29) is 85.2 Å². The van der Waals surface area contributed by atoms with Gasteiger partial charge in [0.2, 0.25) is 11.7 Å². The molecule has 0 spiro atoms. The fourth-order valence-electron chi connectivity index (χ4n) is 7.20. The highest BCUT2D eigenvalue weighted by atomic mass is 35.5. The first kappa shape index (κ1) is 36.5. The molecule has 1 saturated heterocycles. The third kappa shape index (κ3) is 6.87. The van der Waals surface area contributed by atoms with Crippen molar-refractivity contribution in [2.45, 2.75) is 52.3 Å². The normalized spacial score (nSPS) is 15.7. The van der Waals surface area contributed by atoms with E-state index in [2.05, 4.69) is 15.4 Å². The standard InChI is InChI=1S/C37H34ClF3N8O6/c1-2-28-32(46-8-10-47(11-9-46)34(52)31-29(50)14-20-7-12-54-19-27(20)43-31)35(53)49-36(44-33(45-49)21-3-4-22-17-55-18-23(22)13-21)48(28)16-30(51)42-26-6-5-24(15-25(26)38)37(39,40)41/h3-6,13-15,50H,2,7-12,16-19H2,1H3,(H,42,51). The molecule has 0 bridgehead atoms. The Morgan fingerprint density at radius 2 is 1.75 bits per heavy atom. The van der Waals surface area contributed by atoms with Crippen LogP contribution < -0.4 is 15.8 Å². The molecule has 8 rings (SSSR count). The average Bonchev–Trinajstić information content (AvgIpc) is 3.84. The number of nitrogens with zero attached hydrogens (tertiary/aromatic N) is 7. The van der Waals surface area contributed by atoms with E-state index in [1.807, 2.05) is 30.0 Å². The molecule has 0 atom stereocenters. The lowest BCUT2D eigenvalue weighted by Gasteiger charge is -2.36. The van der Waals surface area contributed by atoms with E-state index in [1.165, 1.54) is 0 Å². The SMILES string of the molecule is CCc1c(N2CCN(C(=O)c3nc4c(cc3O)CCOC4)CC2)c(=O)n2nc(-c3ccc4c(c3)COC4)nc2n1CC(=O)Nc1ccc(C(F)(F)F)cc1Cl. The average molecular weight is 779 g/mol. The van der Waals surface area contributed by atoms with Gasteiger partial charge in [0.25, 0.3) is 11.5 Å². The molecule has 0 unspecified atom stereocenters. The number of alkyl halides is 3. The van der Waals surface area contributed by atoms with E-state index >= 15 is 0 Å². The Hall–Kier alpha value is -5.52. The maximum Gasteiger partial charge on any atom is 0.416 e. The number of ether oxygens (including phenoxy) is 2. The highest BCUT2D eigenvalue weighted by molar-refractivity contribution is 6.33. The Bertz CT molecular complexity index is 2430. The van der Waals surface area contributed by atoms with Gasteiger partial charge < -0.3 is 34.3 Å². The van der Waals surface area contributed by atoms with Crippen LogP contribution in [0.25, 0.3) is 17.2 Å². The Balaban J connectivity index is 1.13. The smallest absolute Gasteiger partial charge is 0.416 e. The minimum absolute atomic E-state index is 0.0229. The second kappa shape index (κ2) is 14.3. The largest absolute Gasteiger partial charge is 0.505 e. The summed E-state index contributed by atoms with van der Waals surface area (Å²) in [6.45, 7) is 3.95. The van der Waals surface area contributed by atoms with Crippen molar-refractivity contribution < 1.29 is 37.3 Å². The van der Waals surface area contributed by atoms with Gasteiger partial charge in [-0.2, -0.15) is 22.7 Å². The Morgan fingerprint density at radius 3 is 2.49 bits per heavy atom. The lowest BCUT2D eigenvalue weighted by atomic mass is 10.1. The summed E-state index contributed by atoms with van der Waals surface area (Å²) < 4.78 is 53.5. The summed E-state index contributed by atoms with van der Waals surface area (Å²) in [4.78, 5) is 54.1. The van der Waals surface area contributed by atoms with Crippen molar-refractivity contribution >= 4 is 40.6 Å². The molecule has 6 heterocycles. The second-order valence-corrected chi connectivity index (χ2v) is 13.9. The van der Waals surface area contributed by atoms with Gasteiger partial charge >= 0.3 is 6.18 Å². The number of carbonyl (C=O) groups excluding carboxylic acids is 2. The Labute approximate surface area is 316 Å². The third-order valence-electron chi connectivity index (χ3n) is 10.0. The number of hydrogen-bond acceptors (Lipinski definition) is 10. The molecule has 14 nitrogen and oxygen atoms in total. The summed E-state index contributed by atoms with van der Waals surface area (Å²) in [5.41, 5.74) is 3.27. The topological polar surface area (TPSA) is 156 Å². The molecule has 1 fully saturated rings. The summed E-state index contributed by atoms with van der Waals surface area (Å²) in [5.74, 6) is -0.969. The summed E-state index contributed by atoms with van der Waals surface area (Å²) in [7, 11) is 0. The second-order valence-electron chi connectivity index (χ2n) is 13.4. The van der Waals surface area contributed by atoms with Crippen molar-refractivity contribution in [1.29, 1.82) is 0 Å². The lowest BCUT2D eigenvalue weighted by Crippen LogP contribution is -2.51. The Morgan fingerprint density at radius 1 is 0.964 bits per heavy atom. The first-order valence-electron chi connectivity index (χ1n) is 17.6. The lowest BCUT2D eigenvalue weighted by molar-refractivity contribution is -0.137. The number of hydrogen-bond donors (Lipinski definition) is 2. The van der Waals surface area contributed by atoms with E-state index in [0.29, 0.717) is 43.2 Å². The summed E-state index contributed by atoms with van der Waals surface area (Å²) in [6.07, 6.45) is -3.75.